The molecule has 3 nitrogen and oxygen atoms in total. The van der Waals surface area contributed by atoms with Crippen LogP contribution in [-0.4, -0.2) is 12.8 Å². The van der Waals surface area contributed by atoms with Gasteiger partial charge in [0, 0.05) is 0 Å². The molecule has 0 unspecified atom stereocenters. The highest BCUT2D eigenvalue weighted by molar-refractivity contribution is 5.65. The van der Waals surface area contributed by atoms with E-state index in [2.05, 4.69) is 26.8 Å². The fourth-order valence-corrected chi connectivity index (χ4v) is 4.21. The van der Waals surface area contributed by atoms with E-state index in [0.29, 0.717) is 12.4 Å². The van der Waals surface area contributed by atoms with Crippen molar-refractivity contribution < 1.29 is 14.3 Å². The van der Waals surface area contributed by atoms with Gasteiger partial charge >= 0.3 is 6.16 Å². The molecular weight excluding hydrogens is 396 g/mol. The number of hydrogen-bond donors (Lipinski definition) is 0. The van der Waals surface area contributed by atoms with Gasteiger partial charge in [-0.1, -0.05) is 116 Å². The van der Waals surface area contributed by atoms with Crippen LogP contribution in [0.3, 0.4) is 0 Å². The molecule has 1 aromatic carbocycles. The summed E-state index contributed by atoms with van der Waals surface area (Å²) < 4.78 is 11.1. The molecule has 0 N–H and O–H groups in total. The standard InChI is InChI=1S/C29H50O3/c1-4-7-10-13-16-19-25-31-29(30)32-28-24-20-22-26(21-17-14-11-8-5-2)27(28)23-18-15-12-9-6-3/h20,22,24H,4-19,21,23,25H2,1-3H3. The van der Waals surface area contributed by atoms with Crippen LogP contribution >= 0.6 is 0 Å². The Labute approximate surface area is 198 Å². The van der Waals surface area contributed by atoms with Crippen molar-refractivity contribution in [3.63, 3.8) is 0 Å². The van der Waals surface area contributed by atoms with E-state index in [0.717, 1.165) is 32.1 Å². The maximum Gasteiger partial charge on any atom is 0.513 e. The number of aryl methyl sites for hydroxylation is 1. The zero-order valence-electron chi connectivity index (χ0n) is 21.4. The number of benzene rings is 1. The van der Waals surface area contributed by atoms with Crippen molar-refractivity contribution in [2.75, 3.05) is 6.61 Å². The molecule has 0 atom stereocenters. The topological polar surface area (TPSA) is 35.5 Å². The first-order valence-corrected chi connectivity index (χ1v) is 13.7. The summed E-state index contributed by atoms with van der Waals surface area (Å²) in [6, 6.07) is 6.18. The van der Waals surface area contributed by atoms with Crippen molar-refractivity contribution in [2.24, 2.45) is 0 Å². The van der Waals surface area contributed by atoms with Crippen molar-refractivity contribution in [3.05, 3.63) is 29.3 Å². The third-order valence-electron chi connectivity index (χ3n) is 6.22. The van der Waals surface area contributed by atoms with E-state index in [1.807, 2.05) is 12.1 Å². The van der Waals surface area contributed by atoms with E-state index in [4.69, 9.17) is 9.47 Å². The van der Waals surface area contributed by atoms with Gasteiger partial charge in [-0.3, -0.25) is 0 Å². The van der Waals surface area contributed by atoms with E-state index in [1.165, 1.54) is 94.6 Å². The normalized spacial score (nSPS) is 11.0. The predicted molar refractivity (Wildman–Crippen MR) is 137 cm³/mol. The minimum atomic E-state index is -0.550. The van der Waals surface area contributed by atoms with Gasteiger partial charge in [0.2, 0.25) is 0 Å². The largest absolute Gasteiger partial charge is 0.513 e. The number of rotatable bonds is 20. The number of unbranched alkanes of at least 4 members (excludes halogenated alkanes) is 13. The quantitative estimate of drug-likeness (QED) is 0.114. The van der Waals surface area contributed by atoms with Crippen molar-refractivity contribution in [2.45, 2.75) is 136 Å². The Morgan fingerprint density at radius 2 is 1.19 bits per heavy atom. The van der Waals surface area contributed by atoms with Crippen LogP contribution in [0.15, 0.2) is 18.2 Å². The Bertz CT molecular complexity index is 582. The van der Waals surface area contributed by atoms with Crippen molar-refractivity contribution >= 4 is 6.16 Å². The number of hydrogen-bond acceptors (Lipinski definition) is 3. The first-order chi connectivity index (χ1) is 15.7. The molecule has 0 saturated carbocycles. The maximum absolute atomic E-state index is 12.3. The van der Waals surface area contributed by atoms with E-state index in [1.54, 1.807) is 0 Å². The molecule has 0 bridgehead atoms. The molecular formula is C29H50O3. The van der Waals surface area contributed by atoms with E-state index >= 15 is 0 Å². The van der Waals surface area contributed by atoms with Gasteiger partial charge in [-0.25, -0.2) is 4.79 Å². The number of carbonyl (C=O) groups excluding carboxylic acids is 1. The lowest BCUT2D eigenvalue weighted by atomic mass is 9.95. The van der Waals surface area contributed by atoms with E-state index in [-0.39, 0.29) is 0 Å². The number of carbonyl (C=O) groups is 1. The molecule has 0 aliphatic carbocycles. The van der Waals surface area contributed by atoms with Crippen LogP contribution in [-0.2, 0) is 17.6 Å². The highest BCUT2D eigenvalue weighted by Gasteiger charge is 2.14. The lowest BCUT2D eigenvalue weighted by molar-refractivity contribution is 0.0969. The van der Waals surface area contributed by atoms with E-state index < -0.39 is 6.16 Å². The zero-order chi connectivity index (χ0) is 23.3. The minimum Gasteiger partial charge on any atom is -0.434 e. The van der Waals surface area contributed by atoms with Gasteiger partial charge in [0.1, 0.15) is 5.75 Å². The average Bonchev–Trinajstić information content (AvgIpc) is 2.79. The first kappa shape index (κ1) is 28.5. The van der Waals surface area contributed by atoms with Gasteiger partial charge < -0.3 is 9.47 Å². The summed E-state index contributed by atoms with van der Waals surface area (Å²) in [4.78, 5) is 12.3. The lowest BCUT2D eigenvalue weighted by Gasteiger charge is -2.15. The molecule has 32 heavy (non-hydrogen) atoms. The highest BCUT2D eigenvalue weighted by Crippen LogP contribution is 2.27. The van der Waals surface area contributed by atoms with Crippen molar-refractivity contribution in [3.8, 4) is 5.75 Å². The molecule has 3 heteroatoms. The molecule has 1 aromatic rings. The van der Waals surface area contributed by atoms with Crippen LogP contribution in [0.2, 0.25) is 0 Å². The maximum atomic E-state index is 12.3. The fraction of sp³-hybridized carbons (Fsp3) is 0.759. The summed E-state index contributed by atoms with van der Waals surface area (Å²) in [5, 5.41) is 0. The average molecular weight is 447 g/mol. The molecule has 184 valence electrons. The van der Waals surface area contributed by atoms with E-state index in [9.17, 15) is 4.79 Å². The molecule has 0 fully saturated rings. The molecule has 0 spiro atoms. The highest BCUT2D eigenvalue weighted by atomic mass is 16.7. The molecule has 0 amide bonds. The number of ether oxygens (including phenoxy) is 2. The fourth-order valence-electron chi connectivity index (χ4n) is 4.21. The summed E-state index contributed by atoms with van der Waals surface area (Å²) in [5.74, 6) is 0.708. The van der Waals surface area contributed by atoms with Gasteiger partial charge in [0.15, 0.2) is 0 Å². The van der Waals surface area contributed by atoms with Crippen molar-refractivity contribution in [1.29, 1.82) is 0 Å². The van der Waals surface area contributed by atoms with Gasteiger partial charge in [-0.05, 0) is 49.3 Å². The summed E-state index contributed by atoms with van der Waals surface area (Å²) in [6.45, 7) is 7.17. The summed E-state index contributed by atoms with van der Waals surface area (Å²) in [7, 11) is 0. The van der Waals surface area contributed by atoms with Gasteiger partial charge in [-0.2, -0.15) is 0 Å². The van der Waals surface area contributed by atoms with Gasteiger partial charge in [0.05, 0.1) is 6.61 Å². The second-order valence-corrected chi connectivity index (χ2v) is 9.19. The third kappa shape index (κ3) is 13.8. The Kier molecular flexibility index (Phi) is 17.9. The van der Waals surface area contributed by atoms with Crippen LogP contribution in [0.4, 0.5) is 4.79 Å². The summed E-state index contributed by atoms with van der Waals surface area (Å²) >= 11 is 0. The Morgan fingerprint density at radius 1 is 0.656 bits per heavy atom. The van der Waals surface area contributed by atoms with Crippen LogP contribution in [0.25, 0.3) is 0 Å². The first-order valence-electron chi connectivity index (χ1n) is 13.7. The molecule has 1 rings (SSSR count). The second-order valence-electron chi connectivity index (χ2n) is 9.19. The minimum absolute atomic E-state index is 0.453. The lowest BCUT2D eigenvalue weighted by Crippen LogP contribution is -2.13. The third-order valence-corrected chi connectivity index (χ3v) is 6.22. The molecule has 0 radical (unpaired) electrons. The second kappa shape index (κ2) is 20.1. The van der Waals surface area contributed by atoms with Gasteiger partial charge in [-0.15, -0.1) is 0 Å². The van der Waals surface area contributed by atoms with Crippen LogP contribution < -0.4 is 4.74 Å². The Balaban J connectivity index is 2.59. The monoisotopic (exact) mass is 446 g/mol. The Hall–Kier alpha value is -1.51. The zero-order valence-corrected chi connectivity index (χ0v) is 21.4. The molecule has 0 heterocycles. The summed E-state index contributed by atoms with van der Waals surface area (Å²) in [5.41, 5.74) is 2.56. The molecule has 0 aromatic heterocycles. The van der Waals surface area contributed by atoms with Crippen LogP contribution in [0, 0.1) is 0 Å². The van der Waals surface area contributed by atoms with Gasteiger partial charge in [0.25, 0.3) is 0 Å². The molecule has 0 aliphatic heterocycles. The SMILES string of the molecule is CCCCCCCCOC(=O)Oc1cccc(CCCCCCC)c1CCCCCCC. The van der Waals surface area contributed by atoms with Crippen LogP contribution in [0.5, 0.6) is 5.75 Å². The van der Waals surface area contributed by atoms with Crippen LogP contribution in [0.1, 0.15) is 135 Å². The van der Waals surface area contributed by atoms with Crippen molar-refractivity contribution in [1.82, 2.24) is 0 Å². The smallest absolute Gasteiger partial charge is 0.434 e. The molecule has 0 aliphatic rings. The summed E-state index contributed by atoms with van der Waals surface area (Å²) in [6.07, 6.45) is 21.2. The molecule has 0 saturated heterocycles. The Morgan fingerprint density at radius 3 is 1.81 bits per heavy atom. The predicted octanol–water partition coefficient (Wildman–Crippen LogP) is 9.59.